The van der Waals surface area contributed by atoms with E-state index in [0.29, 0.717) is 24.8 Å². The number of carbonyl (C=O) groups is 2. The number of alkyl carbamates (subject to hydrolysis) is 1. The zero-order valence-corrected chi connectivity index (χ0v) is 30.3. The molecule has 0 saturated carbocycles. The molecule has 0 unspecified atom stereocenters. The molecule has 0 radical (unpaired) electrons. The Morgan fingerprint density at radius 3 is 2.65 bits per heavy atom. The minimum atomic E-state index is -4.51. The van der Waals surface area contributed by atoms with Crippen LogP contribution in [0.5, 0.6) is 5.75 Å². The van der Waals surface area contributed by atoms with Gasteiger partial charge in [-0.25, -0.2) is 14.8 Å². The Bertz CT molecular complexity index is 2230. The number of ether oxygens (including phenoxy) is 3. The Balaban J connectivity index is 1.06. The highest BCUT2D eigenvalue weighted by Gasteiger charge is 2.51. The number of aromatic nitrogens is 4. The van der Waals surface area contributed by atoms with Gasteiger partial charge in [0, 0.05) is 31.1 Å². The molecule has 15 heteroatoms. The van der Waals surface area contributed by atoms with E-state index in [1.54, 1.807) is 27.2 Å². The van der Waals surface area contributed by atoms with Crippen molar-refractivity contribution in [3.8, 4) is 28.1 Å². The predicted molar refractivity (Wildman–Crippen MR) is 194 cm³/mol. The molecule has 2 fully saturated rings. The highest BCUT2D eigenvalue weighted by molar-refractivity contribution is 6.07. The van der Waals surface area contributed by atoms with E-state index in [2.05, 4.69) is 54.6 Å². The van der Waals surface area contributed by atoms with Gasteiger partial charge in [-0.2, -0.15) is 13.2 Å². The molecule has 2 aromatic heterocycles. The Labute approximate surface area is 309 Å². The second-order valence-electron chi connectivity index (χ2n) is 14.9. The topological polar surface area (TPSA) is 146 Å². The van der Waals surface area contributed by atoms with Crippen LogP contribution in [0, 0.1) is 17.8 Å². The van der Waals surface area contributed by atoms with E-state index >= 15 is 0 Å². The number of likely N-dealkylation sites (tertiary alicyclic amines) is 1. The van der Waals surface area contributed by atoms with Crippen LogP contribution >= 0.6 is 0 Å². The number of benzene rings is 3. The zero-order valence-electron chi connectivity index (χ0n) is 30.3. The van der Waals surface area contributed by atoms with Crippen LogP contribution < -0.4 is 15.4 Å². The summed E-state index contributed by atoms with van der Waals surface area (Å²) in [5, 5.41) is 8.07. The lowest BCUT2D eigenvalue weighted by Gasteiger charge is -2.30. The molecule has 54 heavy (non-hydrogen) atoms. The summed E-state index contributed by atoms with van der Waals surface area (Å²) in [6.07, 6.45) is -3.18. The quantitative estimate of drug-likeness (QED) is 0.136. The number of hydrogen-bond donors (Lipinski definition) is 4. The molecule has 3 aromatic carbocycles. The molecule has 3 aliphatic heterocycles. The van der Waals surface area contributed by atoms with Gasteiger partial charge < -0.3 is 39.7 Å². The number of alkyl halides is 3. The van der Waals surface area contributed by atoms with Gasteiger partial charge in [-0.05, 0) is 71.0 Å². The molecule has 5 heterocycles. The Kier molecular flexibility index (Phi) is 9.25. The normalized spacial score (nSPS) is 21.7. The molecule has 0 spiro atoms. The van der Waals surface area contributed by atoms with Gasteiger partial charge in [0.15, 0.2) is 0 Å². The lowest BCUT2D eigenvalue weighted by Crippen LogP contribution is -2.51. The molecule has 2 saturated heterocycles. The van der Waals surface area contributed by atoms with Gasteiger partial charge in [0.05, 0.1) is 54.6 Å². The molecule has 284 valence electrons. The first kappa shape index (κ1) is 35.9. The highest BCUT2D eigenvalue weighted by Crippen LogP contribution is 2.45. The van der Waals surface area contributed by atoms with Gasteiger partial charge in [0.1, 0.15) is 30.0 Å². The van der Waals surface area contributed by atoms with Crippen molar-refractivity contribution in [1.29, 1.82) is 0 Å². The third-order valence-corrected chi connectivity index (χ3v) is 11.0. The lowest BCUT2D eigenvalue weighted by atomic mass is 9.92. The number of halogens is 3. The van der Waals surface area contributed by atoms with E-state index in [1.807, 2.05) is 18.2 Å². The molecule has 0 aliphatic carbocycles. The largest absolute Gasteiger partial charge is 0.488 e. The minimum absolute atomic E-state index is 0.137. The maximum atomic E-state index is 14.0. The van der Waals surface area contributed by atoms with Crippen molar-refractivity contribution >= 4 is 33.8 Å². The average molecular weight is 746 g/mol. The second-order valence-corrected chi connectivity index (χ2v) is 14.9. The van der Waals surface area contributed by atoms with Crippen LogP contribution in [-0.4, -0.2) is 83.0 Å². The van der Waals surface area contributed by atoms with E-state index in [1.165, 1.54) is 4.90 Å². The van der Waals surface area contributed by atoms with Gasteiger partial charge in [0.2, 0.25) is 5.91 Å². The van der Waals surface area contributed by atoms with Crippen LogP contribution in [0.2, 0.25) is 0 Å². The molecular weight excluding hydrogens is 703 g/mol. The van der Waals surface area contributed by atoms with Crippen LogP contribution in [0.1, 0.15) is 56.0 Å². The van der Waals surface area contributed by atoms with Crippen LogP contribution in [0.25, 0.3) is 44.2 Å². The van der Waals surface area contributed by atoms with Crippen molar-refractivity contribution in [2.24, 2.45) is 17.8 Å². The number of methoxy groups -OCH3 is 2. The van der Waals surface area contributed by atoms with E-state index in [-0.39, 0.29) is 18.3 Å². The number of carbonyl (C=O) groups excluding carboxylic acids is 2. The Hall–Kier alpha value is -5.15. The first-order valence-corrected chi connectivity index (χ1v) is 18.1. The van der Waals surface area contributed by atoms with Crippen molar-refractivity contribution in [2.75, 3.05) is 33.9 Å². The van der Waals surface area contributed by atoms with Crippen LogP contribution in [0.3, 0.4) is 0 Å². The van der Waals surface area contributed by atoms with Gasteiger partial charge >= 0.3 is 12.3 Å². The molecule has 8 rings (SSSR count). The predicted octanol–water partition coefficient (Wildman–Crippen LogP) is 6.80. The summed E-state index contributed by atoms with van der Waals surface area (Å²) >= 11 is 0. The first-order chi connectivity index (χ1) is 25.9. The monoisotopic (exact) mass is 745 g/mol. The van der Waals surface area contributed by atoms with Gasteiger partial charge in [0.25, 0.3) is 0 Å². The molecule has 3 aliphatic rings. The fraction of sp³-hybridized carbons (Fsp3) is 0.436. The number of rotatable bonds is 8. The maximum absolute atomic E-state index is 14.0. The number of aromatic amines is 2. The fourth-order valence-corrected chi connectivity index (χ4v) is 8.12. The maximum Gasteiger partial charge on any atom is 0.407 e. The summed E-state index contributed by atoms with van der Waals surface area (Å²) in [6.45, 7) is 4.79. The highest BCUT2D eigenvalue weighted by atomic mass is 19.4. The van der Waals surface area contributed by atoms with Crippen LogP contribution in [-0.2, 0) is 20.9 Å². The number of H-pyrrole nitrogens is 2. The second kappa shape index (κ2) is 13.9. The Morgan fingerprint density at radius 2 is 1.89 bits per heavy atom. The summed E-state index contributed by atoms with van der Waals surface area (Å²) < 4.78 is 58.4. The summed E-state index contributed by atoms with van der Waals surface area (Å²) in [4.78, 5) is 43.1. The van der Waals surface area contributed by atoms with E-state index in [0.717, 1.165) is 75.7 Å². The van der Waals surface area contributed by atoms with Gasteiger partial charge in [-0.15, -0.1) is 0 Å². The molecule has 12 nitrogen and oxygen atoms in total. The fourth-order valence-electron chi connectivity index (χ4n) is 8.12. The third kappa shape index (κ3) is 6.53. The standard InChI is InChI=1S/C39H42F3N7O5/c1-19(2)33(48-38(51)53-4)37(50)49-16-24(39(40,41)42)12-31(49)36-44-15-30(46-36)22-5-7-25-23(10-22)18-54-32-13-26-21(11-27(25)32)6-8-28-34(26)47-35(45-28)29-9-20(14-43-29)17-52-3/h5-8,10-11,13,15,19-20,24,29,31,33,43H,9,12,14,16-18H2,1-4H3,(H,44,46)(H,45,47)(H,48,51)/t20-,24-,29-,31-,33-/m0/s1. The van der Waals surface area contributed by atoms with Crippen molar-refractivity contribution in [2.45, 2.75) is 57.6 Å². The number of fused-ring (bicyclic) bond motifs is 6. The summed E-state index contributed by atoms with van der Waals surface area (Å²) in [7, 11) is 2.89. The first-order valence-electron chi connectivity index (χ1n) is 18.1. The summed E-state index contributed by atoms with van der Waals surface area (Å²) in [5.74, 6) is -0.413. The number of amides is 2. The van der Waals surface area contributed by atoms with Crippen molar-refractivity contribution in [3.05, 3.63) is 65.9 Å². The molecule has 2 amide bonds. The minimum Gasteiger partial charge on any atom is -0.488 e. The summed E-state index contributed by atoms with van der Waals surface area (Å²) in [6, 6.07) is 12.3. The molecule has 0 bridgehead atoms. The molecule has 5 atom stereocenters. The van der Waals surface area contributed by atoms with Gasteiger partial charge in [-0.3, -0.25) is 4.79 Å². The van der Waals surface area contributed by atoms with Crippen molar-refractivity contribution < 1.29 is 37.0 Å². The summed E-state index contributed by atoms with van der Waals surface area (Å²) in [5.41, 5.74) is 6.14. The van der Waals surface area contributed by atoms with Gasteiger partial charge in [-0.1, -0.05) is 32.0 Å². The van der Waals surface area contributed by atoms with Crippen LogP contribution in [0.4, 0.5) is 18.0 Å². The SMILES string of the molecule is COC[C@@H]1CN[C@H](c2nc3c(ccc4cc5c(cc43)OCc3cc(-c4cnc([C@@H]6C[C@H](C(F)(F)F)CN6C(=O)[C@@H](NC(=O)OC)C(C)C)[nH]4)ccc3-5)[nH]2)C1. The number of nitrogens with one attached hydrogen (secondary N) is 4. The van der Waals surface area contributed by atoms with E-state index in [4.69, 9.17) is 14.5 Å². The number of nitrogens with zero attached hydrogens (tertiary/aromatic N) is 3. The number of hydrogen-bond acceptors (Lipinski definition) is 8. The molecule has 5 aromatic rings. The van der Waals surface area contributed by atoms with Crippen molar-refractivity contribution in [1.82, 2.24) is 35.5 Å². The van der Waals surface area contributed by atoms with E-state index in [9.17, 15) is 22.8 Å². The van der Waals surface area contributed by atoms with E-state index < -0.39 is 48.6 Å². The molecular formula is C39H42F3N7O5. The smallest absolute Gasteiger partial charge is 0.407 e. The molecule has 4 N–H and O–H groups in total. The third-order valence-electron chi connectivity index (χ3n) is 11.0. The van der Waals surface area contributed by atoms with Crippen LogP contribution in [0.15, 0.2) is 48.7 Å². The number of imidazole rings is 2. The lowest BCUT2D eigenvalue weighted by molar-refractivity contribution is -0.171. The Morgan fingerprint density at radius 1 is 1.06 bits per heavy atom. The van der Waals surface area contributed by atoms with Crippen molar-refractivity contribution in [3.63, 3.8) is 0 Å². The zero-order chi connectivity index (χ0) is 37.9. The average Bonchev–Trinajstić information content (AvgIpc) is 3.98.